The molecule has 5 rings (SSSR count). The maximum Gasteiger partial charge on any atom is 0.290 e. The van der Waals surface area contributed by atoms with Gasteiger partial charge in [-0.15, -0.1) is 0 Å². The summed E-state index contributed by atoms with van der Waals surface area (Å²) in [6.45, 7) is 0.186. The van der Waals surface area contributed by atoms with Crippen molar-refractivity contribution >= 4 is 45.9 Å². The molecule has 0 saturated heterocycles. The molecule has 1 aliphatic heterocycles. The summed E-state index contributed by atoms with van der Waals surface area (Å²) in [4.78, 5) is 28.1. The fraction of sp³-hybridized carbons (Fsp3) is 0.0769. The number of hydrogen-bond acceptors (Lipinski definition) is 4. The van der Waals surface area contributed by atoms with Crippen molar-refractivity contribution in [2.24, 2.45) is 0 Å². The Morgan fingerprint density at radius 2 is 1.67 bits per heavy atom. The van der Waals surface area contributed by atoms with Gasteiger partial charge < -0.3 is 14.4 Å². The molecule has 0 bridgehead atoms. The van der Waals surface area contributed by atoms with E-state index in [1.165, 1.54) is 4.90 Å². The average Bonchev–Trinajstić information content (AvgIpc) is 3.36. The number of hydrogen-bond donors (Lipinski definition) is 1. The fourth-order valence-electron chi connectivity index (χ4n) is 4.08. The lowest BCUT2D eigenvalue weighted by Crippen LogP contribution is -2.30. The van der Waals surface area contributed by atoms with Crippen molar-refractivity contribution in [3.8, 4) is 0 Å². The largest absolute Gasteiger partial charge is 0.503 e. The van der Waals surface area contributed by atoms with Gasteiger partial charge in [-0.05, 0) is 35.4 Å². The Hall–Kier alpha value is -3.54. The van der Waals surface area contributed by atoms with Crippen LogP contribution in [0.2, 0.25) is 10.0 Å². The van der Waals surface area contributed by atoms with Gasteiger partial charge in [-0.1, -0.05) is 77.8 Å². The number of para-hydroxylation sites is 1. The first-order chi connectivity index (χ1) is 15.9. The molecule has 1 unspecified atom stereocenters. The van der Waals surface area contributed by atoms with E-state index in [2.05, 4.69) is 0 Å². The normalized spacial score (nSPS) is 16.1. The Balaban J connectivity index is 1.62. The van der Waals surface area contributed by atoms with Crippen molar-refractivity contribution in [2.45, 2.75) is 12.6 Å². The topological polar surface area (TPSA) is 70.8 Å². The first-order valence-corrected chi connectivity index (χ1v) is 11.0. The maximum atomic E-state index is 13.6. The number of ketones is 1. The third-order valence-electron chi connectivity index (χ3n) is 5.65. The van der Waals surface area contributed by atoms with Gasteiger partial charge in [-0.2, -0.15) is 0 Å². The summed E-state index contributed by atoms with van der Waals surface area (Å²) in [5, 5.41) is 12.2. The molecule has 3 aromatic carbocycles. The van der Waals surface area contributed by atoms with Crippen LogP contribution < -0.4 is 0 Å². The molecular formula is C26H17Cl2NO4. The van der Waals surface area contributed by atoms with Crippen molar-refractivity contribution in [1.29, 1.82) is 0 Å². The lowest BCUT2D eigenvalue weighted by Gasteiger charge is -2.27. The van der Waals surface area contributed by atoms with Crippen molar-refractivity contribution < 1.29 is 19.1 Å². The number of fused-ring (bicyclic) bond motifs is 1. The summed E-state index contributed by atoms with van der Waals surface area (Å²) < 4.78 is 5.73. The minimum atomic E-state index is -0.867. The van der Waals surface area contributed by atoms with Gasteiger partial charge in [0.25, 0.3) is 5.91 Å². The second-order valence-electron chi connectivity index (χ2n) is 7.73. The standard InChI is InChI=1S/C26H17Cl2NO4/c27-18-11-10-17(12-19(18)28)23-22(24(30)21-13-16-8-4-5-9-20(16)33-21)25(31)26(32)29(23)14-15-6-2-1-3-7-15/h1-13,23,31H,14H2. The van der Waals surface area contributed by atoms with Gasteiger partial charge in [0.05, 0.1) is 21.7 Å². The maximum absolute atomic E-state index is 13.6. The highest BCUT2D eigenvalue weighted by Gasteiger charge is 2.44. The van der Waals surface area contributed by atoms with Gasteiger partial charge in [0.15, 0.2) is 11.5 Å². The number of Topliss-reactive ketones (excluding diaryl/α,β-unsaturated/α-hetero) is 1. The Bertz CT molecular complexity index is 1390. The van der Waals surface area contributed by atoms with E-state index in [4.69, 9.17) is 27.6 Å². The minimum absolute atomic E-state index is 0.0390. The number of rotatable bonds is 5. The van der Waals surface area contributed by atoms with Crippen LogP contribution in [0.15, 0.2) is 94.6 Å². The SMILES string of the molecule is O=C(C1=C(O)C(=O)N(Cc2ccccc2)C1c1ccc(Cl)c(Cl)c1)c1cc2ccccc2o1. The van der Waals surface area contributed by atoms with Gasteiger partial charge in [0, 0.05) is 11.9 Å². The summed E-state index contributed by atoms with van der Waals surface area (Å²) in [6, 6.07) is 22.2. The van der Waals surface area contributed by atoms with Crippen LogP contribution in [0.5, 0.6) is 0 Å². The fourth-order valence-corrected chi connectivity index (χ4v) is 4.39. The lowest BCUT2D eigenvalue weighted by atomic mass is 9.94. The number of amides is 1. The Morgan fingerprint density at radius 1 is 0.939 bits per heavy atom. The van der Waals surface area contributed by atoms with Crippen molar-refractivity contribution in [3.63, 3.8) is 0 Å². The van der Waals surface area contributed by atoms with Crippen LogP contribution >= 0.6 is 23.2 Å². The lowest BCUT2D eigenvalue weighted by molar-refractivity contribution is -0.130. The molecule has 0 saturated carbocycles. The first-order valence-electron chi connectivity index (χ1n) is 10.2. The van der Waals surface area contributed by atoms with Crippen molar-refractivity contribution in [3.05, 3.63) is 117 Å². The van der Waals surface area contributed by atoms with Crippen molar-refractivity contribution in [1.82, 2.24) is 4.90 Å². The molecule has 2 heterocycles. The van der Waals surface area contributed by atoms with Crippen LogP contribution in [0.1, 0.15) is 27.7 Å². The number of furan rings is 1. The van der Waals surface area contributed by atoms with E-state index < -0.39 is 23.5 Å². The number of aliphatic hydroxyl groups is 1. The van der Waals surface area contributed by atoms with Gasteiger partial charge in [-0.3, -0.25) is 9.59 Å². The number of nitrogens with zero attached hydrogens (tertiary/aromatic N) is 1. The number of halogens is 2. The zero-order valence-electron chi connectivity index (χ0n) is 17.2. The molecular weight excluding hydrogens is 461 g/mol. The molecule has 1 aromatic heterocycles. The number of aliphatic hydroxyl groups excluding tert-OH is 1. The second-order valence-corrected chi connectivity index (χ2v) is 8.55. The third kappa shape index (κ3) is 3.80. The highest BCUT2D eigenvalue weighted by Crippen LogP contribution is 2.41. The van der Waals surface area contributed by atoms with Gasteiger partial charge in [-0.25, -0.2) is 0 Å². The van der Waals surface area contributed by atoms with E-state index >= 15 is 0 Å². The molecule has 4 aromatic rings. The molecule has 0 aliphatic carbocycles. The molecule has 1 atom stereocenters. The number of carbonyl (C=O) groups excluding carboxylic acids is 2. The highest BCUT2D eigenvalue weighted by molar-refractivity contribution is 6.42. The molecule has 1 aliphatic rings. The summed E-state index contributed by atoms with van der Waals surface area (Å²) in [5.74, 6) is -1.78. The molecule has 1 N–H and O–H groups in total. The molecule has 7 heteroatoms. The van der Waals surface area contributed by atoms with E-state index in [0.717, 1.165) is 10.9 Å². The molecule has 1 amide bonds. The molecule has 164 valence electrons. The first kappa shape index (κ1) is 21.3. The zero-order valence-corrected chi connectivity index (χ0v) is 18.7. The molecule has 33 heavy (non-hydrogen) atoms. The van der Waals surface area contributed by atoms with Crippen LogP contribution in [-0.4, -0.2) is 21.7 Å². The number of benzene rings is 3. The Kier molecular flexibility index (Phi) is 5.44. The third-order valence-corrected chi connectivity index (χ3v) is 6.39. The average molecular weight is 478 g/mol. The Morgan fingerprint density at radius 3 is 2.39 bits per heavy atom. The van der Waals surface area contributed by atoms with Crippen LogP contribution in [0.3, 0.4) is 0 Å². The quantitative estimate of drug-likeness (QED) is 0.332. The van der Waals surface area contributed by atoms with Crippen LogP contribution in [-0.2, 0) is 11.3 Å². The van der Waals surface area contributed by atoms with Crippen molar-refractivity contribution in [2.75, 3.05) is 0 Å². The van der Waals surface area contributed by atoms with E-state index in [1.54, 1.807) is 36.4 Å². The monoisotopic (exact) mass is 477 g/mol. The minimum Gasteiger partial charge on any atom is -0.503 e. The molecule has 0 spiro atoms. The Labute approximate surface area is 199 Å². The summed E-state index contributed by atoms with van der Waals surface area (Å²) in [6.07, 6.45) is 0. The predicted molar refractivity (Wildman–Crippen MR) is 126 cm³/mol. The zero-order chi connectivity index (χ0) is 23.1. The van der Waals surface area contributed by atoms with E-state index in [0.29, 0.717) is 16.2 Å². The van der Waals surface area contributed by atoms with Crippen LogP contribution in [0.4, 0.5) is 0 Å². The van der Waals surface area contributed by atoms with E-state index in [1.807, 2.05) is 42.5 Å². The number of carbonyl (C=O) groups is 2. The summed E-state index contributed by atoms with van der Waals surface area (Å²) in [5.41, 5.74) is 1.88. The van der Waals surface area contributed by atoms with Crippen LogP contribution in [0, 0.1) is 0 Å². The van der Waals surface area contributed by atoms with Gasteiger partial charge >= 0.3 is 0 Å². The molecule has 0 radical (unpaired) electrons. The smallest absolute Gasteiger partial charge is 0.290 e. The van der Waals surface area contributed by atoms with Gasteiger partial charge in [0.2, 0.25) is 5.78 Å². The predicted octanol–water partition coefficient (Wildman–Crippen LogP) is 6.52. The van der Waals surface area contributed by atoms with E-state index in [9.17, 15) is 14.7 Å². The van der Waals surface area contributed by atoms with Gasteiger partial charge in [0.1, 0.15) is 5.58 Å². The second kappa shape index (κ2) is 8.43. The highest BCUT2D eigenvalue weighted by atomic mass is 35.5. The van der Waals surface area contributed by atoms with E-state index in [-0.39, 0.29) is 22.9 Å². The van der Waals surface area contributed by atoms with Crippen LogP contribution in [0.25, 0.3) is 11.0 Å². The summed E-state index contributed by atoms with van der Waals surface area (Å²) in [7, 11) is 0. The molecule has 0 fully saturated rings. The molecule has 5 nitrogen and oxygen atoms in total. The summed E-state index contributed by atoms with van der Waals surface area (Å²) >= 11 is 12.3.